The zero-order valence-corrected chi connectivity index (χ0v) is 31.3. The van der Waals surface area contributed by atoms with Gasteiger partial charge in [0.25, 0.3) is 0 Å². The molecule has 0 aromatic heterocycles. The summed E-state index contributed by atoms with van der Waals surface area (Å²) in [6, 6.07) is 1.27. The summed E-state index contributed by atoms with van der Waals surface area (Å²) in [5.74, 6) is 0.439. The predicted octanol–water partition coefficient (Wildman–Crippen LogP) is 12.4. The van der Waals surface area contributed by atoms with Crippen LogP contribution in [0.2, 0.25) is 0 Å². The first kappa shape index (κ1) is 46.1. The van der Waals surface area contributed by atoms with Crippen LogP contribution in [0, 0.1) is 62.9 Å². The Bertz CT molecular complexity index is 1270. The first-order valence-corrected chi connectivity index (χ1v) is 17.9. The molecule has 0 heterocycles. The van der Waals surface area contributed by atoms with Crippen molar-refractivity contribution in [2.45, 2.75) is 89.1 Å². The Morgan fingerprint density at radius 1 is 0.451 bits per heavy atom. The van der Waals surface area contributed by atoms with E-state index in [1.165, 1.54) is 12.8 Å². The molecule has 4 rings (SSSR count). The molecule has 15 heteroatoms. The van der Waals surface area contributed by atoms with Crippen molar-refractivity contribution < 1.29 is 69.8 Å². The van der Waals surface area contributed by atoms with Gasteiger partial charge in [0, 0.05) is 5.66 Å². The maximum Gasteiger partial charge on any atom is 2.00 e. The summed E-state index contributed by atoms with van der Waals surface area (Å²) in [6.07, 6.45) is -6.77. The number of rotatable bonds is 5. The van der Waals surface area contributed by atoms with Crippen LogP contribution in [0.3, 0.4) is 0 Å². The summed E-state index contributed by atoms with van der Waals surface area (Å²) in [5.41, 5.74) is -7.22. The van der Waals surface area contributed by atoms with Crippen molar-refractivity contribution in [1.82, 2.24) is 0 Å². The van der Waals surface area contributed by atoms with Crippen molar-refractivity contribution in [1.29, 1.82) is 0 Å². The van der Waals surface area contributed by atoms with Gasteiger partial charge in [0.05, 0.1) is 22.3 Å². The van der Waals surface area contributed by atoms with Crippen molar-refractivity contribution in [3.8, 4) is 0 Å². The fourth-order valence-corrected chi connectivity index (χ4v) is 13.8. The smallest absolute Gasteiger partial charge is 0.166 e. The largest absolute Gasteiger partial charge is 2.00 e. The van der Waals surface area contributed by atoms with E-state index in [0.29, 0.717) is 30.2 Å². The van der Waals surface area contributed by atoms with Crippen molar-refractivity contribution in [2.24, 2.45) is 0 Å². The molecule has 0 amide bonds. The van der Waals surface area contributed by atoms with Crippen LogP contribution in [0.5, 0.6) is 0 Å². The van der Waals surface area contributed by atoms with E-state index in [1.54, 1.807) is 6.42 Å². The molecule has 10 radical (unpaired) electrons. The third-order valence-electron chi connectivity index (χ3n) is 7.57. The summed E-state index contributed by atoms with van der Waals surface area (Å²) >= 11 is 0. The van der Waals surface area contributed by atoms with E-state index in [1.807, 2.05) is 80.6 Å². The van der Waals surface area contributed by atoms with Crippen LogP contribution in [-0.2, 0) is 41.8 Å². The third kappa shape index (κ3) is 12.2. The molecule has 0 aliphatic heterocycles. The van der Waals surface area contributed by atoms with Gasteiger partial charge in [0.1, 0.15) is 0 Å². The van der Waals surface area contributed by atoms with Gasteiger partial charge in [0.15, 0.2) is 0 Å². The second kappa shape index (κ2) is 16.8. The van der Waals surface area contributed by atoms with Gasteiger partial charge in [-0.15, -0.1) is 0 Å². The molecule has 51 heavy (non-hydrogen) atoms. The molecule has 2 saturated carbocycles. The molecule has 2 aliphatic carbocycles. The topological polar surface area (TPSA) is 0 Å². The number of hydrogen-bond acceptors (Lipinski definition) is 0. The zero-order valence-electron chi connectivity index (χ0n) is 28.4. The van der Waals surface area contributed by atoms with Crippen LogP contribution < -0.4 is 10.6 Å². The fourth-order valence-electron chi connectivity index (χ4n) is 6.17. The monoisotopic (exact) mass is 814 g/mol. The second-order valence-electron chi connectivity index (χ2n) is 13.6. The molecule has 2 aliphatic rings. The number of hydrogen-bond donors (Lipinski definition) is 0. The minimum Gasteiger partial charge on any atom is -0.166 e. The van der Waals surface area contributed by atoms with Gasteiger partial charge >= 0.3 is 41.8 Å². The van der Waals surface area contributed by atoms with Crippen LogP contribution in [0.4, 0.5) is 52.7 Å². The number of halogens is 12. The van der Waals surface area contributed by atoms with E-state index in [0.717, 1.165) is 0 Å². The molecule has 0 N–H and O–H groups in total. The Hall–Kier alpha value is -1.02. The molecule has 0 unspecified atom stereocenters. The van der Waals surface area contributed by atoms with Gasteiger partial charge in [-0.05, 0) is 128 Å². The van der Waals surface area contributed by atoms with E-state index in [9.17, 15) is 52.7 Å². The van der Waals surface area contributed by atoms with Crippen LogP contribution in [0.15, 0.2) is 36.4 Å². The van der Waals surface area contributed by atoms with E-state index >= 15 is 0 Å². The average molecular weight is 814 g/mol. The minimum atomic E-state index is -5.29. The van der Waals surface area contributed by atoms with Crippen molar-refractivity contribution in [3.63, 3.8) is 0 Å². The molecule has 0 saturated heterocycles. The van der Waals surface area contributed by atoms with Crippen LogP contribution in [-0.4, -0.2) is 16.0 Å². The van der Waals surface area contributed by atoms with Crippen LogP contribution in [0.1, 0.15) is 70.7 Å². The maximum absolute atomic E-state index is 13.9. The fraction of sp³-hybridized carbons (Fsp3) is 0.389. The molecule has 0 bridgehead atoms. The molecule has 2 aromatic rings. The molecule has 1 atom stereocenters. The Kier molecular flexibility index (Phi) is 15.2. The first-order valence-electron chi connectivity index (χ1n) is 15.1. The first-order chi connectivity index (χ1) is 22.5. The normalized spacial score (nSPS) is 17.8. The van der Waals surface area contributed by atoms with Gasteiger partial charge in [0.2, 0.25) is 0 Å². The summed E-state index contributed by atoms with van der Waals surface area (Å²) < 4.78 is 167. The molecule has 280 valence electrons. The SMILES string of the molecule is C[C@H]([C]1[CH][CH][CH][C]1P(c1cc(C(F)(F)F)cc(C(F)(F)F)c1)c1cc(C(F)(F)F)cc(C(F)(F)F)c1)P(C(C)(C)C)C(C)(C)C.[CH]1[CH][CH][CH][CH]1.[Fe+2]. The molecule has 2 fully saturated rings. The average Bonchev–Trinajstić information content (AvgIpc) is 3.65. The standard InChI is InChI=1S/C31H31F12P2.C5H5.Fe/c1-17(45(26(2,3)4)27(5,6)7)24-9-8-10-25(24)44(22-13-18(28(32,33)34)11-19(14-22)29(35,36)37)23-15-20(30(38,39)40)12-21(16-23)31(41,42)43;1-2-4-5-3-1;/h8-17H,1-7H3;1-5H;/q;;+2/t17-;;/m1../s1. The Morgan fingerprint density at radius 2 is 0.745 bits per heavy atom. The summed E-state index contributed by atoms with van der Waals surface area (Å²) in [6.45, 7) is 13.6. The number of benzene rings is 2. The van der Waals surface area contributed by atoms with Crippen molar-refractivity contribution in [2.75, 3.05) is 0 Å². The molecular formula is C36H36F12FeP2+2. The Morgan fingerprint density at radius 3 is 1.00 bits per heavy atom. The Labute approximate surface area is 306 Å². The van der Waals surface area contributed by atoms with E-state index in [2.05, 4.69) is 0 Å². The summed E-state index contributed by atoms with van der Waals surface area (Å²) in [5, 5.41) is -2.06. The maximum atomic E-state index is 13.9. The second-order valence-corrected chi connectivity index (χ2v) is 20.0. The van der Waals surface area contributed by atoms with E-state index in [4.69, 9.17) is 0 Å². The van der Waals surface area contributed by atoms with Crippen LogP contribution in [0.25, 0.3) is 0 Å². The molecule has 0 nitrogen and oxygen atoms in total. The zero-order chi connectivity index (χ0) is 38.3. The van der Waals surface area contributed by atoms with E-state index < -0.39 is 79.1 Å². The van der Waals surface area contributed by atoms with Crippen molar-refractivity contribution in [3.05, 3.63) is 122 Å². The van der Waals surface area contributed by atoms with Gasteiger partial charge in [-0.1, -0.05) is 56.4 Å². The minimum absolute atomic E-state index is 0. The summed E-state index contributed by atoms with van der Waals surface area (Å²) in [4.78, 5) is 0. The van der Waals surface area contributed by atoms with Gasteiger partial charge in [-0.25, -0.2) is 0 Å². The van der Waals surface area contributed by atoms with Crippen LogP contribution >= 0.6 is 15.8 Å². The van der Waals surface area contributed by atoms with Gasteiger partial charge in [-0.2, -0.15) is 52.7 Å². The molecule has 0 spiro atoms. The number of alkyl halides is 12. The van der Waals surface area contributed by atoms with Crippen molar-refractivity contribution >= 4 is 26.5 Å². The predicted molar refractivity (Wildman–Crippen MR) is 176 cm³/mol. The van der Waals surface area contributed by atoms with Gasteiger partial charge in [-0.3, -0.25) is 0 Å². The van der Waals surface area contributed by atoms with Gasteiger partial charge < -0.3 is 0 Å². The molecular weight excluding hydrogens is 778 g/mol. The van der Waals surface area contributed by atoms with E-state index in [-0.39, 0.29) is 45.2 Å². The quantitative estimate of drug-likeness (QED) is 0.160. The molecule has 2 aromatic carbocycles. The summed E-state index contributed by atoms with van der Waals surface area (Å²) in [7, 11) is -3.84. The Balaban J connectivity index is 0.00000138. The third-order valence-corrected chi connectivity index (χ3v) is 13.9.